The Morgan fingerprint density at radius 2 is 1.72 bits per heavy atom. The van der Waals surface area contributed by atoms with E-state index in [1.54, 1.807) is 13.8 Å². The van der Waals surface area contributed by atoms with Gasteiger partial charge in [-0.2, -0.15) is 13.2 Å². The van der Waals surface area contributed by atoms with Crippen molar-refractivity contribution < 1.29 is 22.8 Å². The third-order valence-electron chi connectivity index (χ3n) is 3.72. The zero-order valence-electron chi connectivity index (χ0n) is 10.8. The summed E-state index contributed by atoms with van der Waals surface area (Å²) in [4.78, 5) is 23.8. The molecule has 5 heteroatoms. The van der Waals surface area contributed by atoms with E-state index in [0.29, 0.717) is 0 Å². The smallest absolute Gasteiger partial charge is 0.298 e. The molecule has 0 spiro atoms. The second-order valence-electron chi connectivity index (χ2n) is 5.49. The van der Waals surface area contributed by atoms with Crippen molar-refractivity contribution in [2.45, 2.75) is 33.9 Å². The van der Waals surface area contributed by atoms with E-state index < -0.39 is 40.9 Å². The molecule has 0 saturated carbocycles. The van der Waals surface area contributed by atoms with Crippen LogP contribution in [0.25, 0.3) is 0 Å². The highest BCUT2D eigenvalue weighted by molar-refractivity contribution is 6.12. The highest BCUT2D eigenvalue weighted by atomic mass is 19.4. The van der Waals surface area contributed by atoms with Crippen LogP contribution in [-0.4, -0.2) is 17.7 Å². The van der Waals surface area contributed by atoms with Crippen LogP contribution in [0.3, 0.4) is 0 Å². The maximum atomic E-state index is 12.7. The van der Waals surface area contributed by atoms with Crippen LogP contribution in [-0.2, 0) is 9.59 Å². The Bertz CT molecular complexity index is 394. The van der Waals surface area contributed by atoms with Crippen molar-refractivity contribution in [1.82, 2.24) is 0 Å². The van der Waals surface area contributed by atoms with Crippen molar-refractivity contribution in [2.75, 3.05) is 0 Å². The van der Waals surface area contributed by atoms with Crippen LogP contribution in [0, 0.1) is 23.2 Å². The number of alkyl halides is 3. The molecule has 3 atom stereocenters. The zero-order chi connectivity index (χ0) is 14.3. The fourth-order valence-corrected chi connectivity index (χ4v) is 2.09. The van der Waals surface area contributed by atoms with Crippen LogP contribution >= 0.6 is 0 Å². The van der Waals surface area contributed by atoms with Crippen LogP contribution in [0.1, 0.15) is 27.7 Å². The lowest BCUT2D eigenvalue weighted by molar-refractivity contribution is -0.187. The van der Waals surface area contributed by atoms with Gasteiger partial charge >= 0.3 is 6.18 Å². The van der Waals surface area contributed by atoms with Gasteiger partial charge in [-0.15, -0.1) is 0 Å². The second-order valence-corrected chi connectivity index (χ2v) is 5.49. The van der Waals surface area contributed by atoms with Gasteiger partial charge < -0.3 is 0 Å². The van der Waals surface area contributed by atoms with Crippen LogP contribution in [0.2, 0.25) is 0 Å². The molecule has 2 nitrogen and oxygen atoms in total. The number of hydrogen-bond donors (Lipinski definition) is 0. The molecule has 0 aliphatic heterocycles. The normalized spacial score (nSPS) is 27.2. The number of carbonyl (C=O) groups is 2. The number of halogens is 3. The van der Waals surface area contributed by atoms with E-state index in [2.05, 4.69) is 0 Å². The molecule has 0 fully saturated rings. The van der Waals surface area contributed by atoms with Crippen molar-refractivity contribution in [2.24, 2.45) is 23.2 Å². The van der Waals surface area contributed by atoms with Gasteiger partial charge in [0, 0.05) is 5.41 Å². The van der Waals surface area contributed by atoms with Crippen LogP contribution in [0.4, 0.5) is 13.2 Å². The molecule has 0 amide bonds. The quantitative estimate of drug-likeness (QED) is 0.716. The maximum absolute atomic E-state index is 12.7. The minimum absolute atomic E-state index is 0.432. The van der Waals surface area contributed by atoms with Gasteiger partial charge in [-0.05, 0) is 25.8 Å². The van der Waals surface area contributed by atoms with E-state index in [4.69, 9.17) is 0 Å². The summed E-state index contributed by atoms with van der Waals surface area (Å²) in [5.74, 6) is -4.88. The highest BCUT2D eigenvalue weighted by Gasteiger charge is 2.49. The fraction of sp³-hybridized carbons (Fsp3) is 0.692. The number of ketones is 2. The summed E-state index contributed by atoms with van der Waals surface area (Å²) in [7, 11) is 0. The Hall–Kier alpha value is -1.13. The van der Waals surface area contributed by atoms with Gasteiger partial charge in [-0.1, -0.05) is 19.9 Å². The van der Waals surface area contributed by atoms with E-state index in [9.17, 15) is 22.8 Å². The van der Waals surface area contributed by atoms with Gasteiger partial charge in [0.1, 0.15) is 0 Å². The molecule has 18 heavy (non-hydrogen) atoms. The highest BCUT2D eigenvalue weighted by Crippen LogP contribution is 2.40. The van der Waals surface area contributed by atoms with Crippen LogP contribution in [0.5, 0.6) is 0 Å². The first-order valence-corrected chi connectivity index (χ1v) is 5.82. The summed E-state index contributed by atoms with van der Waals surface area (Å²) < 4.78 is 38.0. The largest absolute Gasteiger partial charge is 0.391 e. The summed E-state index contributed by atoms with van der Waals surface area (Å²) >= 11 is 0. The topological polar surface area (TPSA) is 34.1 Å². The molecule has 0 aromatic rings. The van der Waals surface area contributed by atoms with Crippen LogP contribution in [0.15, 0.2) is 12.2 Å². The first-order valence-electron chi connectivity index (χ1n) is 5.82. The van der Waals surface area contributed by atoms with E-state index in [1.807, 2.05) is 0 Å². The Balaban J connectivity index is 3.06. The predicted octanol–water partition coefficient (Wildman–Crippen LogP) is 3.17. The van der Waals surface area contributed by atoms with Gasteiger partial charge in [0.25, 0.3) is 0 Å². The number of carbonyl (C=O) groups excluding carboxylic acids is 2. The number of Topliss-reactive ketones (excluding diaryl/α,β-unsaturated/α-hetero) is 1. The Labute approximate surface area is 104 Å². The first-order chi connectivity index (χ1) is 7.98. The van der Waals surface area contributed by atoms with Crippen LogP contribution < -0.4 is 0 Å². The van der Waals surface area contributed by atoms with E-state index >= 15 is 0 Å². The third kappa shape index (κ3) is 2.65. The standard InChI is InChI=1S/C13H17F3O2/c1-7(8(2)13(14,15)16)10-9(17)5-6-12(3,4)11(10)18/h5-8,10H,1-4H3. The molecule has 1 rings (SSSR count). The average molecular weight is 262 g/mol. The lowest BCUT2D eigenvalue weighted by Crippen LogP contribution is -2.44. The fourth-order valence-electron chi connectivity index (χ4n) is 2.09. The van der Waals surface area contributed by atoms with E-state index in [1.165, 1.54) is 19.1 Å². The lowest BCUT2D eigenvalue weighted by Gasteiger charge is -2.34. The molecule has 0 saturated heterocycles. The van der Waals surface area contributed by atoms with Gasteiger partial charge in [0.05, 0.1) is 11.8 Å². The average Bonchev–Trinajstić information content (AvgIpc) is 2.22. The summed E-state index contributed by atoms with van der Waals surface area (Å²) in [6.07, 6.45) is -1.71. The predicted molar refractivity (Wildman–Crippen MR) is 60.8 cm³/mol. The molecule has 0 heterocycles. The molecule has 102 valence electrons. The third-order valence-corrected chi connectivity index (χ3v) is 3.72. The molecule has 0 bridgehead atoms. The van der Waals surface area contributed by atoms with Gasteiger partial charge in [-0.25, -0.2) is 0 Å². The Morgan fingerprint density at radius 3 is 2.17 bits per heavy atom. The van der Waals surface area contributed by atoms with Gasteiger partial charge in [-0.3, -0.25) is 9.59 Å². The molecule has 1 aliphatic rings. The monoisotopic (exact) mass is 262 g/mol. The van der Waals surface area contributed by atoms with Crippen molar-refractivity contribution in [3.8, 4) is 0 Å². The lowest BCUT2D eigenvalue weighted by atomic mass is 9.68. The molecule has 0 radical (unpaired) electrons. The molecular formula is C13H17F3O2. The summed E-state index contributed by atoms with van der Waals surface area (Å²) in [5, 5.41) is 0. The minimum atomic E-state index is -4.40. The number of allylic oxidation sites excluding steroid dienone is 2. The first kappa shape index (κ1) is 14.9. The van der Waals surface area contributed by atoms with Gasteiger partial charge in [0.15, 0.2) is 11.6 Å². The second kappa shape index (κ2) is 4.52. The van der Waals surface area contributed by atoms with Gasteiger partial charge in [0.2, 0.25) is 0 Å². The summed E-state index contributed by atoms with van der Waals surface area (Å²) in [6, 6.07) is 0. The Morgan fingerprint density at radius 1 is 1.22 bits per heavy atom. The van der Waals surface area contributed by atoms with Crippen molar-refractivity contribution in [3.05, 3.63) is 12.2 Å². The molecule has 0 aromatic heterocycles. The van der Waals surface area contributed by atoms with E-state index in [-0.39, 0.29) is 0 Å². The molecule has 0 aromatic carbocycles. The van der Waals surface area contributed by atoms with Crippen molar-refractivity contribution in [3.63, 3.8) is 0 Å². The molecule has 1 aliphatic carbocycles. The summed E-state index contributed by atoms with van der Waals surface area (Å²) in [6.45, 7) is 5.54. The molecule has 0 N–H and O–H groups in total. The van der Waals surface area contributed by atoms with Crippen molar-refractivity contribution in [1.29, 1.82) is 0 Å². The maximum Gasteiger partial charge on any atom is 0.391 e. The van der Waals surface area contributed by atoms with Crippen molar-refractivity contribution >= 4 is 11.6 Å². The minimum Gasteiger partial charge on any atom is -0.298 e. The molecular weight excluding hydrogens is 245 g/mol. The molecule has 3 unspecified atom stereocenters. The summed E-state index contributed by atoms with van der Waals surface area (Å²) in [5.41, 5.74) is -0.877. The number of hydrogen-bond acceptors (Lipinski definition) is 2. The zero-order valence-corrected chi connectivity index (χ0v) is 10.8. The number of rotatable bonds is 2. The Kier molecular flexibility index (Phi) is 3.75. The van der Waals surface area contributed by atoms with E-state index in [0.717, 1.165) is 6.92 Å². The SMILES string of the molecule is CC(C1C(=O)C=CC(C)(C)C1=O)C(C)C(F)(F)F.